The minimum atomic E-state index is -4.97. The fourth-order valence-electron chi connectivity index (χ4n) is 13.7. The molecule has 0 radical (unpaired) electrons. The molecule has 0 aromatic rings. The van der Waals surface area contributed by atoms with Gasteiger partial charge in [-0.05, 0) is 43.4 Å². The van der Waals surface area contributed by atoms with E-state index < -0.39 is 97.5 Å². The lowest BCUT2D eigenvalue weighted by atomic mass is 10.0. The zero-order valence-corrected chi connectivity index (χ0v) is 72.4. The Morgan fingerprint density at radius 2 is 0.430 bits per heavy atom. The first-order valence-electron chi connectivity index (χ1n) is 45.3. The van der Waals surface area contributed by atoms with Gasteiger partial charge < -0.3 is 33.8 Å². The molecular formula is C88H172O17P2. The summed E-state index contributed by atoms with van der Waals surface area (Å²) >= 11 is 0. The predicted octanol–water partition coefficient (Wildman–Crippen LogP) is 26.9. The lowest BCUT2D eigenvalue weighted by Gasteiger charge is -2.21. The second kappa shape index (κ2) is 78.0. The number of phosphoric ester groups is 2. The maximum Gasteiger partial charge on any atom is 0.472 e. The quantitative estimate of drug-likeness (QED) is 0.0222. The van der Waals surface area contributed by atoms with Crippen LogP contribution in [0.15, 0.2) is 0 Å². The van der Waals surface area contributed by atoms with Gasteiger partial charge in [0.15, 0.2) is 12.2 Å². The van der Waals surface area contributed by atoms with Crippen LogP contribution in [0, 0.1) is 17.8 Å². The number of aliphatic hydroxyl groups excluding tert-OH is 1. The maximum atomic E-state index is 13.2. The number of ether oxygens (including phenoxy) is 4. The molecule has 0 aliphatic rings. The molecule has 0 rings (SSSR count). The molecule has 0 spiro atoms. The van der Waals surface area contributed by atoms with E-state index in [0.29, 0.717) is 25.7 Å². The lowest BCUT2D eigenvalue weighted by Crippen LogP contribution is -2.30. The third-order valence-electron chi connectivity index (χ3n) is 20.6. The molecule has 107 heavy (non-hydrogen) atoms. The van der Waals surface area contributed by atoms with Gasteiger partial charge in [-0.3, -0.25) is 37.3 Å². The SMILES string of the molecule is CCCCCCCCCCCCCCCCCCCCCCC(=O)O[C@H](COC(=O)CCCCCCCCCCCCCCCCCC(C)C)COP(=O)(O)OC[C@@H](O)COP(=O)(O)OC[C@@H](COC(=O)CCCCCCCCCCCC(C)C)OC(=O)CCCCCCCCCCCCCCCCC(C)C. The topological polar surface area (TPSA) is 237 Å². The van der Waals surface area contributed by atoms with E-state index in [1.165, 1.54) is 276 Å². The molecule has 0 saturated heterocycles. The zero-order valence-electron chi connectivity index (χ0n) is 70.6. The number of carbonyl (C=O) groups excluding carboxylic acids is 4. The molecule has 0 bridgehead atoms. The Morgan fingerprint density at radius 3 is 0.636 bits per heavy atom. The molecule has 0 aromatic heterocycles. The van der Waals surface area contributed by atoms with Gasteiger partial charge in [0.2, 0.25) is 0 Å². The largest absolute Gasteiger partial charge is 0.472 e. The Balaban J connectivity index is 5.26. The van der Waals surface area contributed by atoms with Crippen LogP contribution in [-0.2, 0) is 65.4 Å². The van der Waals surface area contributed by atoms with Gasteiger partial charge in [0, 0.05) is 25.7 Å². The standard InChI is InChI=1S/C88H172O17P2/c1-8-9-10-11-12-13-14-15-16-17-18-19-20-23-30-35-42-50-57-64-71-87(92)104-83(75-98-85(90)69-62-55-48-41-34-29-24-21-22-27-32-38-45-52-59-66-79(2)3)77-102-106(94,95)100-73-82(89)74-101-107(96,97)103-78-84(76-99-86(91)70-63-56-49-44-37-40-47-54-61-68-81(6)7)105-88(93)72-65-58-51-43-36-31-26-25-28-33-39-46-53-60-67-80(4)5/h79-84,89H,8-78H2,1-7H3,(H,94,95)(H,96,97)/t82-,83-,84-/m1/s1. The van der Waals surface area contributed by atoms with E-state index in [0.717, 1.165) is 108 Å². The highest BCUT2D eigenvalue weighted by Crippen LogP contribution is 2.45. The van der Waals surface area contributed by atoms with Crippen molar-refractivity contribution in [3.05, 3.63) is 0 Å². The number of esters is 4. The first kappa shape index (κ1) is 105. The van der Waals surface area contributed by atoms with Crippen LogP contribution in [0.5, 0.6) is 0 Å². The van der Waals surface area contributed by atoms with Gasteiger partial charge in [-0.15, -0.1) is 0 Å². The number of phosphoric acid groups is 2. The van der Waals surface area contributed by atoms with Gasteiger partial charge in [-0.1, -0.05) is 414 Å². The summed E-state index contributed by atoms with van der Waals surface area (Å²) in [7, 11) is -9.93. The maximum absolute atomic E-state index is 13.2. The molecule has 636 valence electrons. The molecule has 0 aliphatic heterocycles. The van der Waals surface area contributed by atoms with Crippen molar-refractivity contribution in [3.8, 4) is 0 Å². The monoisotopic (exact) mass is 1560 g/mol. The Bertz CT molecular complexity index is 2060. The average Bonchev–Trinajstić information content (AvgIpc) is 0.900. The van der Waals surface area contributed by atoms with Gasteiger partial charge in [0.25, 0.3) is 0 Å². The highest BCUT2D eigenvalue weighted by Gasteiger charge is 2.31. The van der Waals surface area contributed by atoms with Crippen molar-refractivity contribution >= 4 is 39.5 Å². The summed E-state index contributed by atoms with van der Waals surface area (Å²) in [6.07, 6.45) is 69.4. The number of rotatable bonds is 86. The Morgan fingerprint density at radius 1 is 0.252 bits per heavy atom. The smallest absolute Gasteiger partial charge is 0.462 e. The van der Waals surface area contributed by atoms with E-state index in [1.54, 1.807) is 0 Å². The van der Waals surface area contributed by atoms with Gasteiger partial charge >= 0.3 is 39.5 Å². The van der Waals surface area contributed by atoms with Gasteiger partial charge in [-0.2, -0.15) is 0 Å². The summed E-state index contributed by atoms with van der Waals surface area (Å²) < 4.78 is 69.0. The van der Waals surface area contributed by atoms with Crippen molar-refractivity contribution in [2.45, 2.75) is 484 Å². The van der Waals surface area contributed by atoms with E-state index >= 15 is 0 Å². The van der Waals surface area contributed by atoms with Crippen LogP contribution in [0.3, 0.4) is 0 Å². The number of hydrogen-bond donors (Lipinski definition) is 3. The van der Waals surface area contributed by atoms with Crippen LogP contribution in [0.2, 0.25) is 0 Å². The predicted molar refractivity (Wildman–Crippen MR) is 441 cm³/mol. The van der Waals surface area contributed by atoms with Crippen LogP contribution < -0.4 is 0 Å². The zero-order chi connectivity index (χ0) is 78.6. The average molecular weight is 1560 g/mol. The van der Waals surface area contributed by atoms with Crippen molar-refractivity contribution < 1.29 is 80.2 Å². The third kappa shape index (κ3) is 81.9. The molecule has 19 heteroatoms. The number of hydrogen-bond acceptors (Lipinski definition) is 15. The van der Waals surface area contributed by atoms with E-state index in [-0.39, 0.29) is 25.7 Å². The second-order valence-corrected chi connectivity index (χ2v) is 36.0. The molecule has 5 atom stereocenters. The first-order chi connectivity index (χ1) is 51.7. The third-order valence-corrected chi connectivity index (χ3v) is 22.5. The normalized spacial score (nSPS) is 13.8. The summed E-state index contributed by atoms with van der Waals surface area (Å²) in [5.41, 5.74) is 0. The van der Waals surface area contributed by atoms with Crippen LogP contribution in [0.1, 0.15) is 466 Å². The Kier molecular flexibility index (Phi) is 76.6. The molecule has 3 N–H and O–H groups in total. The van der Waals surface area contributed by atoms with E-state index in [2.05, 4.69) is 48.5 Å². The second-order valence-electron chi connectivity index (χ2n) is 33.1. The molecule has 0 amide bonds. The van der Waals surface area contributed by atoms with E-state index in [4.69, 9.17) is 37.0 Å². The van der Waals surface area contributed by atoms with Crippen LogP contribution in [-0.4, -0.2) is 96.7 Å². The highest BCUT2D eigenvalue weighted by atomic mass is 31.2. The number of carbonyl (C=O) groups is 4. The van der Waals surface area contributed by atoms with Gasteiger partial charge in [0.05, 0.1) is 26.4 Å². The minimum absolute atomic E-state index is 0.107. The Labute approximate surface area is 658 Å². The highest BCUT2D eigenvalue weighted by molar-refractivity contribution is 7.47. The summed E-state index contributed by atoms with van der Waals surface area (Å²) in [4.78, 5) is 73.3. The molecule has 0 heterocycles. The van der Waals surface area contributed by atoms with Gasteiger partial charge in [-0.25, -0.2) is 9.13 Å². The van der Waals surface area contributed by atoms with Crippen LogP contribution >= 0.6 is 15.6 Å². The first-order valence-corrected chi connectivity index (χ1v) is 48.3. The molecule has 2 unspecified atom stereocenters. The summed E-state index contributed by atoms with van der Waals surface area (Å²) in [5.74, 6) is 0.244. The molecule has 0 aliphatic carbocycles. The molecule has 0 saturated carbocycles. The number of aliphatic hydroxyl groups is 1. The van der Waals surface area contributed by atoms with Crippen molar-refractivity contribution in [2.24, 2.45) is 17.8 Å². The molecule has 17 nitrogen and oxygen atoms in total. The van der Waals surface area contributed by atoms with E-state index in [1.807, 2.05) is 0 Å². The van der Waals surface area contributed by atoms with Crippen LogP contribution in [0.25, 0.3) is 0 Å². The van der Waals surface area contributed by atoms with Crippen molar-refractivity contribution in [1.82, 2.24) is 0 Å². The van der Waals surface area contributed by atoms with Gasteiger partial charge in [0.1, 0.15) is 19.3 Å². The summed E-state index contributed by atoms with van der Waals surface area (Å²) in [5, 5.41) is 10.7. The van der Waals surface area contributed by atoms with Crippen LogP contribution in [0.4, 0.5) is 0 Å². The lowest BCUT2D eigenvalue weighted by molar-refractivity contribution is -0.161. The fourth-order valence-corrected chi connectivity index (χ4v) is 15.3. The summed E-state index contributed by atoms with van der Waals surface area (Å²) in [6.45, 7) is 12.0. The Hall–Kier alpha value is -1.94. The molecule has 0 aromatic carbocycles. The van der Waals surface area contributed by atoms with Crippen molar-refractivity contribution in [2.75, 3.05) is 39.6 Å². The molecular weight excluding hydrogens is 1390 g/mol. The van der Waals surface area contributed by atoms with Crippen molar-refractivity contribution in [3.63, 3.8) is 0 Å². The van der Waals surface area contributed by atoms with E-state index in [9.17, 15) is 43.2 Å². The minimum Gasteiger partial charge on any atom is -0.462 e. The number of unbranched alkanes of at least 4 members (excludes halogenated alkanes) is 54. The summed E-state index contributed by atoms with van der Waals surface area (Å²) in [6, 6.07) is 0. The van der Waals surface area contributed by atoms with Crippen molar-refractivity contribution in [1.29, 1.82) is 0 Å². The molecule has 0 fully saturated rings. The fraction of sp³-hybridized carbons (Fsp3) is 0.955.